The van der Waals surface area contributed by atoms with Crippen molar-refractivity contribution in [3.63, 3.8) is 0 Å². The van der Waals surface area contributed by atoms with E-state index < -0.39 is 0 Å². The van der Waals surface area contributed by atoms with Crippen LogP contribution in [0.1, 0.15) is 35.4 Å². The Balaban J connectivity index is 0. The van der Waals surface area contributed by atoms with E-state index in [4.69, 9.17) is 0 Å². The molecule has 1 aliphatic rings. The molecule has 1 nitrogen and oxygen atoms in total. The minimum absolute atomic E-state index is 0. The van der Waals surface area contributed by atoms with Crippen LogP contribution in [0.2, 0.25) is 0 Å². The fourth-order valence-corrected chi connectivity index (χ4v) is 3.68. The van der Waals surface area contributed by atoms with Gasteiger partial charge in [0.15, 0.2) is 0 Å². The number of allylic oxidation sites excluding steroid dienone is 1. The van der Waals surface area contributed by atoms with Crippen LogP contribution in [0.3, 0.4) is 0 Å². The Morgan fingerprint density at radius 1 is 0.929 bits per heavy atom. The van der Waals surface area contributed by atoms with E-state index in [1.165, 1.54) is 56.4 Å². The second kappa shape index (κ2) is 14.4. The van der Waals surface area contributed by atoms with E-state index in [1.807, 2.05) is 0 Å². The van der Waals surface area contributed by atoms with E-state index >= 15 is 0 Å². The third-order valence-electron chi connectivity index (χ3n) is 4.67. The van der Waals surface area contributed by atoms with Gasteiger partial charge in [-0.3, -0.25) is 0 Å². The summed E-state index contributed by atoms with van der Waals surface area (Å²) < 4.78 is 0. The van der Waals surface area contributed by atoms with Gasteiger partial charge in [0.25, 0.3) is 0 Å². The van der Waals surface area contributed by atoms with Gasteiger partial charge in [0, 0.05) is 6.61 Å². The predicted octanol–water partition coefficient (Wildman–Crippen LogP) is 6.22. The number of aliphatic hydroxyl groups excluding tert-OH is 1. The molecule has 3 aromatic carbocycles. The third kappa shape index (κ3) is 5.97. The molecule has 28 heavy (non-hydrogen) atoms. The van der Waals surface area contributed by atoms with Crippen molar-refractivity contribution in [3.05, 3.63) is 97.8 Å². The van der Waals surface area contributed by atoms with E-state index in [-0.39, 0.29) is 46.3 Å². The van der Waals surface area contributed by atoms with Crippen molar-refractivity contribution in [3.8, 4) is 0 Å². The van der Waals surface area contributed by atoms with Crippen LogP contribution in [0.5, 0.6) is 0 Å². The van der Waals surface area contributed by atoms with Gasteiger partial charge in [-0.1, -0.05) is 42.0 Å². The first-order valence-corrected chi connectivity index (χ1v) is 12.4. The Kier molecular flexibility index (Phi) is 15.3. The van der Waals surface area contributed by atoms with Gasteiger partial charge in [-0.2, -0.15) is 6.07 Å². The van der Waals surface area contributed by atoms with E-state index in [9.17, 15) is 5.11 Å². The summed E-state index contributed by atoms with van der Waals surface area (Å²) in [5, 5.41) is 11.9. The van der Waals surface area contributed by atoms with Crippen molar-refractivity contribution < 1.29 is 28.4 Å². The summed E-state index contributed by atoms with van der Waals surface area (Å²) >= 11 is 1.36. The van der Waals surface area contributed by atoms with Gasteiger partial charge in [0.2, 0.25) is 0 Å². The van der Waals surface area contributed by atoms with E-state index in [0.29, 0.717) is 5.92 Å². The van der Waals surface area contributed by atoms with Crippen molar-refractivity contribution in [1.82, 2.24) is 0 Å². The van der Waals surface area contributed by atoms with Crippen LogP contribution in [-0.2, 0) is 23.3 Å². The molecular formula is C23H27Cl2OSiZr-3. The molecule has 1 N–H and O–H groups in total. The first-order chi connectivity index (χ1) is 11.9. The fourth-order valence-electron chi connectivity index (χ4n) is 3.68. The zero-order valence-electron chi connectivity index (χ0n) is 16.3. The molecule has 0 aliphatic heterocycles. The SMILES string of the molecule is Cl.Cl.OCCCC1=Cc2ccccc2C1[c-]1ccc2ccccc21.[CH3-].[CH3-].[Si]=[Zr]. The van der Waals surface area contributed by atoms with Crippen molar-refractivity contribution in [2.24, 2.45) is 0 Å². The number of fused-ring (bicyclic) bond motifs is 2. The Morgan fingerprint density at radius 3 is 2.29 bits per heavy atom. The Hall–Kier alpha value is -0.570. The zero-order chi connectivity index (χ0) is 16.9. The Morgan fingerprint density at radius 2 is 1.57 bits per heavy atom. The van der Waals surface area contributed by atoms with Gasteiger partial charge in [-0.15, -0.1) is 65.4 Å². The van der Waals surface area contributed by atoms with Gasteiger partial charge in [0.1, 0.15) is 0 Å². The monoisotopic (exact) mass is 507 g/mol. The predicted molar refractivity (Wildman–Crippen MR) is 125 cm³/mol. The van der Waals surface area contributed by atoms with Gasteiger partial charge in [0.05, 0.1) is 0 Å². The van der Waals surface area contributed by atoms with Crippen LogP contribution in [0, 0.1) is 14.9 Å². The molecule has 1 unspecified atom stereocenters. The summed E-state index contributed by atoms with van der Waals surface area (Å²) in [6.07, 6.45) is 4.10. The normalized spacial score (nSPS) is 13.3. The molecule has 3 aromatic rings. The Labute approximate surface area is 199 Å². The van der Waals surface area contributed by atoms with Gasteiger partial charge in [-0.25, -0.2) is 0 Å². The average Bonchev–Trinajstić information content (AvgIpc) is 3.22. The van der Waals surface area contributed by atoms with Crippen LogP contribution >= 0.6 is 24.8 Å². The molecule has 0 bridgehead atoms. The first-order valence-electron chi connectivity index (χ1n) is 8.18. The summed E-state index contributed by atoms with van der Waals surface area (Å²) in [5.74, 6) is 0.336. The second-order valence-corrected chi connectivity index (χ2v) is 5.98. The van der Waals surface area contributed by atoms with Crippen LogP contribution in [0.25, 0.3) is 16.8 Å². The van der Waals surface area contributed by atoms with E-state index in [0.717, 1.165) is 12.8 Å². The number of hydrogen-bond donors (Lipinski definition) is 1. The molecule has 2 radical (unpaired) electrons. The van der Waals surface area contributed by atoms with Crippen LogP contribution in [-0.4, -0.2) is 18.6 Å². The van der Waals surface area contributed by atoms with Gasteiger partial charge < -0.3 is 20.0 Å². The van der Waals surface area contributed by atoms with Gasteiger partial charge in [-0.05, 0) is 29.9 Å². The maximum atomic E-state index is 9.20. The minimum atomic E-state index is 0. The fraction of sp³-hybridized carbons (Fsp3) is 0.174. The molecule has 4 rings (SSSR count). The quantitative estimate of drug-likeness (QED) is 0.327. The maximum absolute atomic E-state index is 9.20. The Bertz CT molecular complexity index is 876. The third-order valence-corrected chi connectivity index (χ3v) is 4.67. The molecule has 0 fully saturated rings. The average molecular weight is 510 g/mol. The molecule has 0 heterocycles. The molecule has 1 atom stereocenters. The molecule has 150 valence electrons. The van der Waals surface area contributed by atoms with Crippen molar-refractivity contribution >= 4 is 48.5 Å². The molecule has 0 spiro atoms. The molecule has 1 aliphatic carbocycles. The summed E-state index contributed by atoms with van der Waals surface area (Å²) in [4.78, 5) is 0. The number of halogens is 2. The van der Waals surface area contributed by atoms with E-state index in [1.54, 1.807) is 0 Å². The second-order valence-electron chi connectivity index (χ2n) is 5.98. The van der Waals surface area contributed by atoms with Crippen LogP contribution < -0.4 is 0 Å². The van der Waals surface area contributed by atoms with Crippen LogP contribution in [0.15, 0.2) is 66.2 Å². The number of rotatable bonds is 4. The number of benzene rings is 2. The molecular weight excluding hydrogens is 482 g/mol. The zero-order valence-corrected chi connectivity index (χ0v) is 21.4. The number of hydrogen-bond acceptors (Lipinski definition) is 1. The van der Waals surface area contributed by atoms with E-state index in [2.05, 4.69) is 73.6 Å². The number of aliphatic hydroxyl groups is 1. The van der Waals surface area contributed by atoms with Crippen molar-refractivity contribution in [1.29, 1.82) is 0 Å². The summed E-state index contributed by atoms with van der Waals surface area (Å²) in [5.41, 5.74) is 5.54. The molecule has 0 amide bonds. The molecule has 0 saturated heterocycles. The molecule has 0 aromatic heterocycles. The van der Waals surface area contributed by atoms with Crippen molar-refractivity contribution in [2.75, 3.05) is 6.61 Å². The topological polar surface area (TPSA) is 20.2 Å². The van der Waals surface area contributed by atoms with Gasteiger partial charge >= 0.3 is 30.2 Å². The standard InChI is InChI=1S/C21H19O.2CH3.2ClH.Si.Zr/c22-13-5-8-17-14-16-7-2-4-10-19(16)21(17)20-12-11-15-6-1-3-9-18(15)20;;;;;;/h1-4,6-7,9-12,14,21-22H,5,8,13H2;2*1H3;2*1H;;/q3*-1;;;;. The first kappa shape index (κ1) is 29.6. The molecule has 0 saturated carbocycles. The van der Waals surface area contributed by atoms with Crippen molar-refractivity contribution in [2.45, 2.75) is 18.8 Å². The summed E-state index contributed by atoms with van der Waals surface area (Å²) in [6.45, 7) is 3.31. The summed E-state index contributed by atoms with van der Waals surface area (Å²) in [6, 6.07) is 21.8. The van der Waals surface area contributed by atoms with Crippen LogP contribution in [0.4, 0.5) is 0 Å². The summed E-state index contributed by atoms with van der Waals surface area (Å²) in [7, 11) is 0. The molecule has 5 heteroatoms.